The van der Waals surface area contributed by atoms with Crippen LogP contribution >= 0.6 is 0 Å². The van der Waals surface area contributed by atoms with Crippen molar-refractivity contribution >= 4 is 0 Å². The summed E-state index contributed by atoms with van der Waals surface area (Å²) < 4.78 is 10.8. The van der Waals surface area contributed by atoms with Crippen molar-refractivity contribution in [2.75, 3.05) is 20.3 Å². The number of hydrogen-bond acceptors (Lipinski definition) is 4. The summed E-state index contributed by atoms with van der Waals surface area (Å²) in [4.78, 5) is 4.55. The molecule has 0 aliphatic heterocycles. The lowest BCUT2D eigenvalue weighted by Crippen LogP contribution is -2.05. The van der Waals surface area contributed by atoms with Gasteiger partial charge >= 0.3 is 0 Å². The van der Waals surface area contributed by atoms with Crippen molar-refractivity contribution in [2.45, 2.75) is 13.3 Å². The second kappa shape index (κ2) is 6.27. The molecule has 1 aromatic carbocycles. The van der Waals surface area contributed by atoms with Gasteiger partial charge in [0, 0.05) is 12.0 Å². The summed E-state index contributed by atoms with van der Waals surface area (Å²) in [7, 11) is 1.63. The normalized spacial score (nSPS) is 10.1. The van der Waals surface area contributed by atoms with Crippen molar-refractivity contribution in [3.8, 4) is 11.5 Å². The smallest absolute Gasteiger partial charge is 0.163 e. The standard InChI is InChI=1S/C11H17NO3/c1-3-14-10-6-4-5-9(7-8-15-12)11(10)13-2/h4-6H,3,7-8,12H2,1-2H3. The summed E-state index contributed by atoms with van der Waals surface area (Å²) in [6.07, 6.45) is 0.709. The number of benzene rings is 1. The van der Waals surface area contributed by atoms with Gasteiger partial charge in [0.05, 0.1) is 20.3 Å². The van der Waals surface area contributed by atoms with E-state index in [2.05, 4.69) is 4.84 Å². The first kappa shape index (κ1) is 11.8. The summed E-state index contributed by atoms with van der Waals surface area (Å²) >= 11 is 0. The molecule has 0 saturated carbocycles. The van der Waals surface area contributed by atoms with Gasteiger partial charge in [-0.1, -0.05) is 12.1 Å². The third kappa shape index (κ3) is 3.11. The number of para-hydroxylation sites is 1. The number of methoxy groups -OCH3 is 1. The zero-order valence-electron chi connectivity index (χ0n) is 9.16. The fraction of sp³-hybridized carbons (Fsp3) is 0.455. The van der Waals surface area contributed by atoms with E-state index in [0.717, 1.165) is 17.1 Å². The molecule has 0 bridgehead atoms. The summed E-state index contributed by atoms with van der Waals surface area (Å²) in [5.74, 6) is 6.51. The minimum absolute atomic E-state index is 0.464. The van der Waals surface area contributed by atoms with Crippen LogP contribution in [0, 0.1) is 0 Å². The number of ether oxygens (including phenoxy) is 2. The predicted molar refractivity (Wildman–Crippen MR) is 58.0 cm³/mol. The number of rotatable bonds is 6. The highest BCUT2D eigenvalue weighted by molar-refractivity contribution is 5.46. The minimum Gasteiger partial charge on any atom is -0.493 e. The molecule has 1 rings (SSSR count). The zero-order valence-corrected chi connectivity index (χ0v) is 9.16. The molecule has 0 aliphatic rings. The maximum Gasteiger partial charge on any atom is 0.163 e. The van der Waals surface area contributed by atoms with Gasteiger partial charge in [0.1, 0.15) is 0 Å². The van der Waals surface area contributed by atoms with E-state index < -0.39 is 0 Å². The van der Waals surface area contributed by atoms with E-state index in [1.165, 1.54) is 0 Å². The number of hydrogen-bond donors (Lipinski definition) is 1. The van der Waals surface area contributed by atoms with Crippen LogP contribution in [0.15, 0.2) is 18.2 Å². The Morgan fingerprint density at radius 1 is 1.33 bits per heavy atom. The maximum atomic E-state index is 5.45. The van der Waals surface area contributed by atoms with Gasteiger partial charge in [0.2, 0.25) is 0 Å². The summed E-state index contributed by atoms with van der Waals surface area (Å²) in [5, 5.41) is 0. The molecule has 0 amide bonds. The lowest BCUT2D eigenvalue weighted by molar-refractivity contribution is 0.140. The van der Waals surface area contributed by atoms with Gasteiger partial charge in [0.15, 0.2) is 11.5 Å². The van der Waals surface area contributed by atoms with E-state index in [1.54, 1.807) is 7.11 Å². The van der Waals surface area contributed by atoms with Gasteiger partial charge in [-0.05, 0) is 13.0 Å². The molecule has 1 aromatic rings. The van der Waals surface area contributed by atoms with E-state index in [0.29, 0.717) is 19.6 Å². The molecule has 0 aliphatic carbocycles. The highest BCUT2D eigenvalue weighted by Gasteiger charge is 2.09. The van der Waals surface area contributed by atoms with Crippen LogP contribution in [0.1, 0.15) is 12.5 Å². The Morgan fingerprint density at radius 3 is 2.73 bits per heavy atom. The van der Waals surface area contributed by atoms with Crippen LogP contribution in [0.3, 0.4) is 0 Å². The average molecular weight is 211 g/mol. The van der Waals surface area contributed by atoms with Gasteiger partial charge in [-0.15, -0.1) is 0 Å². The van der Waals surface area contributed by atoms with E-state index in [-0.39, 0.29) is 0 Å². The van der Waals surface area contributed by atoms with Gasteiger partial charge < -0.3 is 14.3 Å². The fourth-order valence-electron chi connectivity index (χ4n) is 1.43. The third-order valence-corrected chi connectivity index (χ3v) is 2.05. The molecule has 0 atom stereocenters. The average Bonchev–Trinajstić information content (AvgIpc) is 2.27. The Hall–Kier alpha value is -1.26. The lowest BCUT2D eigenvalue weighted by atomic mass is 10.1. The van der Waals surface area contributed by atoms with E-state index in [4.69, 9.17) is 15.4 Å². The number of nitrogens with two attached hydrogens (primary N) is 1. The quantitative estimate of drug-likeness (QED) is 0.725. The minimum atomic E-state index is 0.464. The van der Waals surface area contributed by atoms with Crippen LogP contribution in [0.25, 0.3) is 0 Å². The molecule has 84 valence electrons. The molecule has 15 heavy (non-hydrogen) atoms. The molecule has 0 spiro atoms. The van der Waals surface area contributed by atoms with Crippen molar-refractivity contribution in [3.63, 3.8) is 0 Å². The van der Waals surface area contributed by atoms with Crippen molar-refractivity contribution in [2.24, 2.45) is 5.90 Å². The largest absolute Gasteiger partial charge is 0.493 e. The van der Waals surface area contributed by atoms with Crippen molar-refractivity contribution in [1.82, 2.24) is 0 Å². The molecule has 0 saturated heterocycles. The molecule has 4 heteroatoms. The van der Waals surface area contributed by atoms with Crippen LogP contribution in [-0.2, 0) is 11.3 Å². The first-order valence-corrected chi connectivity index (χ1v) is 4.93. The summed E-state index contributed by atoms with van der Waals surface area (Å²) in [5.41, 5.74) is 1.04. The molecule has 4 nitrogen and oxygen atoms in total. The monoisotopic (exact) mass is 211 g/mol. The molecule has 2 N–H and O–H groups in total. The van der Waals surface area contributed by atoms with Crippen molar-refractivity contribution in [3.05, 3.63) is 23.8 Å². The molecule has 0 unspecified atom stereocenters. The first-order valence-electron chi connectivity index (χ1n) is 4.93. The van der Waals surface area contributed by atoms with E-state index in [1.807, 2.05) is 25.1 Å². The van der Waals surface area contributed by atoms with Crippen molar-refractivity contribution < 1.29 is 14.3 Å². The maximum absolute atomic E-state index is 5.45. The fourth-order valence-corrected chi connectivity index (χ4v) is 1.43. The van der Waals surface area contributed by atoms with Crippen molar-refractivity contribution in [1.29, 1.82) is 0 Å². The van der Waals surface area contributed by atoms with Crippen LogP contribution in [0.2, 0.25) is 0 Å². The van der Waals surface area contributed by atoms with Crippen LogP contribution < -0.4 is 15.4 Å². The molecule has 0 aromatic heterocycles. The Morgan fingerprint density at radius 2 is 2.13 bits per heavy atom. The van der Waals surface area contributed by atoms with Gasteiger partial charge in [-0.25, -0.2) is 5.90 Å². The molecule has 0 radical (unpaired) electrons. The molecular weight excluding hydrogens is 194 g/mol. The zero-order chi connectivity index (χ0) is 11.1. The first-order chi connectivity index (χ1) is 7.33. The Labute approximate surface area is 89.9 Å². The molecule has 0 fully saturated rings. The summed E-state index contributed by atoms with van der Waals surface area (Å²) in [6.45, 7) is 3.02. The second-order valence-corrected chi connectivity index (χ2v) is 3.00. The Kier molecular flexibility index (Phi) is 4.93. The molecule has 0 heterocycles. The van der Waals surface area contributed by atoms with E-state index in [9.17, 15) is 0 Å². The van der Waals surface area contributed by atoms with E-state index >= 15 is 0 Å². The topological polar surface area (TPSA) is 53.7 Å². The van der Waals surface area contributed by atoms with Crippen LogP contribution in [0.5, 0.6) is 11.5 Å². The van der Waals surface area contributed by atoms with Crippen LogP contribution in [-0.4, -0.2) is 20.3 Å². The summed E-state index contributed by atoms with van der Waals surface area (Å²) in [6, 6.07) is 5.79. The van der Waals surface area contributed by atoms with Gasteiger partial charge in [0.25, 0.3) is 0 Å². The lowest BCUT2D eigenvalue weighted by Gasteiger charge is -2.13. The SMILES string of the molecule is CCOc1cccc(CCON)c1OC. The second-order valence-electron chi connectivity index (χ2n) is 3.00. The Balaban J connectivity index is 2.88. The predicted octanol–water partition coefficient (Wildman–Crippen LogP) is 1.53. The van der Waals surface area contributed by atoms with Gasteiger partial charge in [-0.2, -0.15) is 0 Å². The highest BCUT2D eigenvalue weighted by atomic mass is 16.6. The third-order valence-electron chi connectivity index (χ3n) is 2.05. The molecular formula is C11H17NO3. The Bertz CT molecular complexity index is 302. The highest BCUT2D eigenvalue weighted by Crippen LogP contribution is 2.31. The van der Waals surface area contributed by atoms with Gasteiger partial charge in [-0.3, -0.25) is 0 Å². The van der Waals surface area contributed by atoms with Crippen LogP contribution in [0.4, 0.5) is 0 Å².